The van der Waals surface area contributed by atoms with E-state index in [1.165, 1.54) is 32.1 Å². The Morgan fingerprint density at radius 1 is 1.26 bits per heavy atom. The number of nitrogens with two attached hydrogens (primary N) is 1. The highest BCUT2D eigenvalue weighted by Crippen LogP contribution is 2.35. The van der Waals surface area contributed by atoms with Crippen LogP contribution in [0.15, 0.2) is 0 Å². The Hall–Kier alpha value is -0.610. The summed E-state index contributed by atoms with van der Waals surface area (Å²) in [5.41, 5.74) is 5.14. The van der Waals surface area contributed by atoms with Gasteiger partial charge in [-0.15, -0.1) is 0 Å². The maximum absolute atomic E-state index is 11.7. The molecular formula is C15H29N3O. The highest BCUT2D eigenvalue weighted by Gasteiger charge is 2.45. The number of nitrogens with one attached hydrogen (secondary N) is 1. The first-order valence-corrected chi connectivity index (χ1v) is 7.87. The summed E-state index contributed by atoms with van der Waals surface area (Å²) in [5.74, 6) is -0.183. The Kier molecular flexibility index (Phi) is 4.85. The predicted molar refractivity (Wildman–Crippen MR) is 77.9 cm³/mol. The van der Waals surface area contributed by atoms with E-state index in [0.29, 0.717) is 6.04 Å². The second-order valence-corrected chi connectivity index (χ2v) is 6.22. The van der Waals surface area contributed by atoms with Gasteiger partial charge in [-0.1, -0.05) is 26.2 Å². The SMILES string of the molecule is CCN(C1CCCCC1)C1CCC(NC)(C(N)=O)C1. The van der Waals surface area contributed by atoms with Gasteiger partial charge in [-0.3, -0.25) is 9.69 Å². The largest absolute Gasteiger partial charge is 0.368 e. The van der Waals surface area contributed by atoms with Gasteiger partial charge in [0.05, 0.1) is 5.54 Å². The van der Waals surface area contributed by atoms with Crippen molar-refractivity contribution in [2.75, 3.05) is 13.6 Å². The smallest absolute Gasteiger partial charge is 0.237 e. The molecule has 3 N–H and O–H groups in total. The van der Waals surface area contributed by atoms with Gasteiger partial charge in [0.15, 0.2) is 0 Å². The summed E-state index contributed by atoms with van der Waals surface area (Å²) in [4.78, 5) is 14.4. The van der Waals surface area contributed by atoms with E-state index in [9.17, 15) is 4.79 Å². The van der Waals surface area contributed by atoms with E-state index in [2.05, 4.69) is 17.1 Å². The molecule has 2 rings (SSSR count). The summed E-state index contributed by atoms with van der Waals surface area (Å²) < 4.78 is 0. The fraction of sp³-hybridized carbons (Fsp3) is 0.933. The van der Waals surface area contributed by atoms with E-state index >= 15 is 0 Å². The fourth-order valence-corrected chi connectivity index (χ4v) is 4.10. The lowest BCUT2D eigenvalue weighted by atomic mass is 9.92. The zero-order valence-corrected chi connectivity index (χ0v) is 12.5. The topological polar surface area (TPSA) is 58.4 Å². The molecule has 0 bridgehead atoms. The molecular weight excluding hydrogens is 238 g/mol. The lowest BCUT2D eigenvalue weighted by Crippen LogP contribution is -2.53. The van der Waals surface area contributed by atoms with Crippen molar-refractivity contribution < 1.29 is 4.79 Å². The monoisotopic (exact) mass is 267 g/mol. The molecule has 2 unspecified atom stereocenters. The minimum atomic E-state index is -0.466. The molecule has 0 aromatic carbocycles. The summed E-state index contributed by atoms with van der Waals surface area (Å²) in [7, 11) is 1.87. The van der Waals surface area contributed by atoms with E-state index in [-0.39, 0.29) is 5.91 Å². The number of likely N-dealkylation sites (N-methyl/N-ethyl adjacent to an activating group) is 1. The van der Waals surface area contributed by atoms with Gasteiger partial charge < -0.3 is 11.1 Å². The van der Waals surface area contributed by atoms with E-state index in [4.69, 9.17) is 5.73 Å². The second-order valence-electron chi connectivity index (χ2n) is 6.22. The van der Waals surface area contributed by atoms with Gasteiger partial charge in [0, 0.05) is 12.1 Å². The lowest BCUT2D eigenvalue weighted by molar-refractivity contribution is -0.124. The van der Waals surface area contributed by atoms with Crippen molar-refractivity contribution in [3.05, 3.63) is 0 Å². The average Bonchev–Trinajstić information content (AvgIpc) is 2.87. The highest BCUT2D eigenvalue weighted by atomic mass is 16.1. The molecule has 0 radical (unpaired) electrons. The van der Waals surface area contributed by atoms with Crippen LogP contribution in [0.5, 0.6) is 0 Å². The lowest BCUT2D eigenvalue weighted by Gasteiger charge is -2.38. The molecule has 4 heteroatoms. The standard InChI is InChI=1S/C15H29N3O/c1-3-18(12-7-5-4-6-8-12)13-9-10-15(11-13,17-2)14(16)19/h12-13,17H,3-11H2,1-2H3,(H2,16,19). The van der Waals surface area contributed by atoms with E-state index in [1.54, 1.807) is 0 Å². The molecule has 0 aromatic rings. The summed E-state index contributed by atoms with van der Waals surface area (Å²) >= 11 is 0. The molecule has 0 saturated heterocycles. The minimum absolute atomic E-state index is 0.183. The quantitative estimate of drug-likeness (QED) is 0.796. The first-order chi connectivity index (χ1) is 9.13. The normalized spacial score (nSPS) is 32.9. The molecule has 2 saturated carbocycles. The molecule has 19 heavy (non-hydrogen) atoms. The number of nitrogens with zero attached hydrogens (tertiary/aromatic N) is 1. The van der Waals surface area contributed by atoms with E-state index < -0.39 is 5.54 Å². The number of hydrogen-bond donors (Lipinski definition) is 2. The van der Waals surface area contributed by atoms with Crippen molar-refractivity contribution in [3.63, 3.8) is 0 Å². The van der Waals surface area contributed by atoms with Gasteiger partial charge in [0.2, 0.25) is 5.91 Å². The van der Waals surface area contributed by atoms with Gasteiger partial charge in [-0.2, -0.15) is 0 Å². The van der Waals surface area contributed by atoms with Crippen LogP contribution in [0.1, 0.15) is 58.3 Å². The van der Waals surface area contributed by atoms with Gasteiger partial charge >= 0.3 is 0 Å². The van der Waals surface area contributed by atoms with Crippen LogP contribution in [0.3, 0.4) is 0 Å². The highest BCUT2D eigenvalue weighted by molar-refractivity contribution is 5.85. The molecule has 1 amide bonds. The van der Waals surface area contributed by atoms with Gasteiger partial charge in [0.1, 0.15) is 0 Å². The van der Waals surface area contributed by atoms with Crippen molar-refractivity contribution in [1.29, 1.82) is 0 Å². The molecule has 0 aliphatic heterocycles. The van der Waals surface area contributed by atoms with E-state index in [0.717, 1.165) is 31.8 Å². The molecule has 110 valence electrons. The summed E-state index contributed by atoms with van der Waals surface area (Å²) in [5, 5.41) is 3.19. The molecule has 2 aliphatic rings. The molecule has 0 heterocycles. The zero-order valence-electron chi connectivity index (χ0n) is 12.5. The average molecular weight is 267 g/mol. The first-order valence-electron chi connectivity index (χ1n) is 7.87. The number of amides is 1. The van der Waals surface area contributed by atoms with Crippen LogP contribution in [0.25, 0.3) is 0 Å². The van der Waals surface area contributed by atoms with Crippen molar-refractivity contribution >= 4 is 5.91 Å². The van der Waals surface area contributed by atoms with E-state index in [1.807, 2.05) is 7.05 Å². The van der Waals surface area contributed by atoms with Crippen molar-refractivity contribution in [1.82, 2.24) is 10.2 Å². The Morgan fingerprint density at radius 2 is 1.95 bits per heavy atom. The van der Waals surface area contributed by atoms with Crippen LogP contribution in [0.2, 0.25) is 0 Å². The van der Waals surface area contributed by atoms with Gasteiger partial charge in [-0.05, 0) is 45.7 Å². The Labute approximate surface area is 117 Å². The predicted octanol–water partition coefficient (Wildman–Crippen LogP) is 1.64. The number of carbonyl (C=O) groups is 1. The van der Waals surface area contributed by atoms with Crippen LogP contribution < -0.4 is 11.1 Å². The van der Waals surface area contributed by atoms with Gasteiger partial charge in [0.25, 0.3) is 0 Å². The van der Waals surface area contributed by atoms with Crippen LogP contribution in [-0.4, -0.2) is 42.0 Å². The van der Waals surface area contributed by atoms with Crippen LogP contribution in [0.4, 0.5) is 0 Å². The molecule has 0 spiro atoms. The fourth-order valence-electron chi connectivity index (χ4n) is 4.10. The molecule has 2 atom stereocenters. The maximum Gasteiger partial charge on any atom is 0.237 e. The molecule has 2 aliphatic carbocycles. The summed E-state index contributed by atoms with van der Waals surface area (Å²) in [6, 6.07) is 1.25. The second kappa shape index (κ2) is 6.23. The van der Waals surface area contributed by atoms with Gasteiger partial charge in [-0.25, -0.2) is 0 Å². The molecule has 0 aromatic heterocycles. The first kappa shape index (κ1) is 14.8. The van der Waals surface area contributed by atoms with Crippen molar-refractivity contribution in [2.45, 2.75) is 75.9 Å². The van der Waals surface area contributed by atoms with Crippen molar-refractivity contribution in [2.24, 2.45) is 5.73 Å². The Morgan fingerprint density at radius 3 is 2.42 bits per heavy atom. The maximum atomic E-state index is 11.7. The third-order valence-corrected chi connectivity index (χ3v) is 5.32. The van der Waals surface area contributed by atoms with Crippen LogP contribution in [-0.2, 0) is 4.79 Å². The Balaban J connectivity index is 2.02. The van der Waals surface area contributed by atoms with Crippen LogP contribution in [0, 0.1) is 0 Å². The number of primary amides is 1. The number of carbonyl (C=O) groups excluding carboxylic acids is 1. The number of hydrogen-bond acceptors (Lipinski definition) is 3. The zero-order chi connectivity index (χ0) is 13.9. The van der Waals surface area contributed by atoms with Crippen LogP contribution >= 0.6 is 0 Å². The Bertz CT molecular complexity index is 315. The van der Waals surface area contributed by atoms with Crippen molar-refractivity contribution in [3.8, 4) is 0 Å². The third-order valence-electron chi connectivity index (χ3n) is 5.32. The summed E-state index contributed by atoms with van der Waals surface area (Å²) in [6.45, 7) is 3.34. The minimum Gasteiger partial charge on any atom is -0.368 e. The summed E-state index contributed by atoms with van der Waals surface area (Å²) in [6.07, 6.45) is 9.62. The molecule has 2 fully saturated rings. The number of rotatable bonds is 5. The molecule has 4 nitrogen and oxygen atoms in total. The third kappa shape index (κ3) is 2.95.